The number of nitrogens with zero attached hydrogens (tertiary/aromatic N) is 3. The van der Waals surface area contributed by atoms with E-state index in [1.54, 1.807) is 23.7 Å². The van der Waals surface area contributed by atoms with Crippen LogP contribution in [0.2, 0.25) is 0 Å². The Hall–Kier alpha value is -2.70. The zero-order valence-corrected chi connectivity index (χ0v) is 14.7. The number of carbonyl (C=O) groups is 1. The smallest absolute Gasteiger partial charge is 0.272 e. The second-order valence-electron chi connectivity index (χ2n) is 6.71. The first-order valence-electron chi connectivity index (χ1n) is 8.17. The van der Waals surface area contributed by atoms with E-state index >= 15 is 0 Å². The van der Waals surface area contributed by atoms with Crippen molar-refractivity contribution in [2.75, 3.05) is 5.32 Å². The van der Waals surface area contributed by atoms with Gasteiger partial charge in [0.15, 0.2) is 0 Å². The molecule has 1 amide bonds. The van der Waals surface area contributed by atoms with Crippen LogP contribution in [0.5, 0.6) is 0 Å². The number of rotatable bonds is 4. The van der Waals surface area contributed by atoms with Crippen molar-refractivity contribution in [2.24, 2.45) is 5.16 Å². The molecule has 1 aromatic heterocycles. The number of nitrogens with one attached hydrogen (secondary N) is 1. The van der Waals surface area contributed by atoms with Gasteiger partial charge in [0.1, 0.15) is 11.6 Å². The molecule has 0 aliphatic carbocycles. The quantitative estimate of drug-likeness (QED) is 0.924. The Kier molecular flexibility index (Phi) is 4.32. The maximum Gasteiger partial charge on any atom is 0.272 e. The van der Waals surface area contributed by atoms with Gasteiger partial charge in [-0.05, 0) is 45.4 Å². The van der Waals surface area contributed by atoms with Crippen LogP contribution in [0.4, 0.5) is 10.2 Å². The SMILES string of the molecule is Cc1cc(NC(=O)[C@]2(C)CC(c3ccc(F)cc3)=NO2)n(C(C)C)n1. The van der Waals surface area contributed by atoms with Crippen molar-refractivity contribution in [1.82, 2.24) is 9.78 Å². The number of anilines is 1. The standard InChI is InChI=1S/C18H21FN4O2/c1-11(2)23-16(9-12(3)21-23)20-17(24)18(4)10-15(22-25-18)13-5-7-14(19)8-6-13/h5-9,11H,10H2,1-4H3,(H,20,24)/t18-/m0/s1. The second-order valence-corrected chi connectivity index (χ2v) is 6.71. The minimum absolute atomic E-state index is 0.118. The first kappa shape index (κ1) is 17.1. The number of halogens is 1. The number of aromatic nitrogens is 2. The summed E-state index contributed by atoms with van der Waals surface area (Å²) in [5, 5.41) is 11.3. The molecule has 0 unspecified atom stereocenters. The van der Waals surface area contributed by atoms with Crippen LogP contribution in [0.1, 0.15) is 44.5 Å². The molecule has 7 heteroatoms. The summed E-state index contributed by atoms with van der Waals surface area (Å²) in [6, 6.07) is 7.90. The molecule has 132 valence electrons. The molecule has 2 heterocycles. The highest BCUT2D eigenvalue weighted by Crippen LogP contribution is 2.28. The fourth-order valence-electron chi connectivity index (χ4n) is 2.71. The monoisotopic (exact) mass is 344 g/mol. The molecule has 1 N–H and O–H groups in total. The lowest BCUT2D eigenvalue weighted by molar-refractivity contribution is -0.136. The van der Waals surface area contributed by atoms with E-state index in [9.17, 15) is 9.18 Å². The number of carbonyl (C=O) groups excluding carboxylic acids is 1. The summed E-state index contributed by atoms with van der Waals surface area (Å²) in [6.45, 7) is 7.54. The minimum atomic E-state index is -1.12. The van der Waals surface area contributed by atoms with Crippen LogP contribution in [0.25, 0.3) is 0 Å². The fourth-order valence-corrected chi connectivity index (χ4v) is 2.71. The number of hydrogen-bond donors (Lipinski definition) is 1. The van der Waals surface area contributed by atoms with Crippen LogP contribution < -0.4 is 5.32 Å². The maximum absolute atomic E-state index is 13.1. The summed E-state index contributed by atoms with van der Waals surface area (Å²) < 4.78 is 14.8. The Bertz CT molecular complexity index is 826. The van der Waals surface area contributed by atoms with Crippen LogP contribution in [0.15, 0.2) is 35.5 Å². The lowest BCUT2D eigenvalue weighted by Crippen LogP contribution is -2.40. The van der Waals surface area contributed by atoms with Crippen LogP contribution in [0, 0.1) is 12.7 Å². The molecule has 6 nitrogen and oxygen atoms in total. The van der Waals surface area contributed by atoms with Gasteiger partial charge in [0.2, 0.25) is 5.60 Å². The van der Waals surface area contributed by atoms with Crippen molar-refractivity contribution in [1.29, 1.82) is 0 Å². The van der Waals surface area contributed by atoms with E-state index in [1.165, 1.54) is 12.1 Å². The Balaban J connectivity index is 1.74. The van der Waals surface area contributed by atoms with Gasteiger partial charge in [0, 0.05) is 18.5 Å². The normalized spacial score (nSPS) is 19.7. The van der Waals surface area contributed by atoms with E-state index in [1.807, 2.05) is 26.8 Å². The topological polar surface area (TPSA) is 68.5 Å². The summed E-state index contributed by atoms with van der Waals surface area (Å²) in [5.74, 6) is 0.00815. The van der Waals surface area contributed by atoms with E-state index < -0.39 is 5.60 Å². The van der Waals surface area contributed by atoms with Crippen molar-refractivity contribution >= 4 is 17.4 Å². The average Bonchev–Trinajstić information content (AvgIpc) is 3.12. The molecule has 0 radical (unpaired) electrons. The van der Waals surface area contributed by atoms with Gasteiger partial charge in [-0.15, -0.1) is 0 Å². The summed E-state index contributed by atoms with van der Waals surface area (Å²) in [7, 11) is 0. The molecule has 3 rings (SSSR count). The molecule has 2 aromatic rings. The molecule has 1 aliphatic heterocycles. The third-order valence-corrected chi connectivity index (χ3v) is 4.11. The highest BCUT2D eigenvalue weighted by atomic mass is 19.1. The molecule has 1 atom stereocenters. The van der Waals surface area contributed by atoms with Crippen molar-refractivity contribution in [3.8, 4) is 0 Å². The van der Waals surface area contributed by atoms with Crippen molar-refractivity contribution in [2.45, 2.75) is 45.8 Å². The molecule has 1 aliphatic rings. The Morgan fingerprint density at radius 2 is 2.04 bits per heavy atom. The van der Waals surface area contributed by atoms with E-state index in [0.717, 1.165) is 11.3 Å². The molecular weight excluding hydrogens is 323 g/mol. The van der Waals surface area contributed by atoms with Gasteiger partial charge in [-0.25, -0.2) is 9.07 Å². The van der Waals surface area contributed by atoms with Crippen molar-refractivity contribution in [3.63, 3.8) is 0 Å². The number of hydrogen-bond acceptors (Lipinski definition) is 4. The van der Waals surface area contributed by atoms with E-state index in [-0.39, 0.29) is 17.8 Å². The largest absolute Gasteiger partial charge is 0.379 e. The van der Waals surface area contributed by atoms with Gasteiger partial charge in [-0.3, -0.25) is 4.79 Å². The summed E-state index contributed by atoms with van der Waals surface area (Å²) in [4.78, 5) is 18.2. The third-order valence-electron chi connectivity index (χ3n) is 4.11. The van der Waals surface area contributed by atoms with E-state index in [0.29, 0.717) is 18.0 Å². The lowest BCUT2D eigenvalue weighted by Gasteiger charge is -2.21. The summed E-state index contributed by atoms with van der Waals surface area (Å²) in [6.07, 6.45) is 0.305. The molecule has 25 heavy (non-hydrogen) atoms. The third kappa shape index (κ3) is 3.40. The van der Waals surface area contributed by atoms with Crippen LogP contribution in [-0.4, -0.2) is 27.0 Å². The minimum Gasteiger partial charge on any atom is -0.379 e. The Morgan fingerprint density at radius 3 is 2.68 bits per heavy atom. The molecule has 0 spiro atoms. The highest BCUT2D eigenvalue weighted by molar-refractivity contribution is 6.07. The maximum atomic E-state index is 13.1. The van der Waals surface area contributed by atoms with Gasteiger partial charge in [0.25, 0.3) is 5.91 Å². The Labute approximate surface area is 145 Å². The number of aryl methyl sites for hydroxylation is 1. The Morgan fingerprint density at radius 1 is 1.36 bits per heavy atom. The molecule has 0 saturated heterocycles. The van der Waals surface area contributed by atoms with Crippen molar-refractivity contribution < 1.29 is 14.0 Å². The predicted octanol–water partition coefficient (Wildman–Crippen LogP) is 3.43. The molecular formula is C18H21FN4O2. The molecule has 0 fully saturated rings. The summed E-state index contributed by atoms with van der Waals surface area (Å²) in [5.41, 5.74) is 1.06. The lowest BCUT2D eigenvalue weighted by atomic mass is 9.95. The molecule has 0 bridgehead atoms. The first-order chi connectivity index (χ1) is 11.8. The van der Waals surface area contributed by atoms with E-state index in [2.05, 4.69) is 15.6 Å². The highest BCUT2D eigenvalue weighted by Gasteiger charge is 2.42. The van der Waals surface area contributed by atoms with Crippen LogP contribution in [-0.2, 0) is 9.63 Å². The van der Waals surface area contributed by atoms with Gasteiger partial charge >= 0.3 is 0 Å². The van der Waals surface area contributed by atoms with Gasteiger partial charge in [0.05, 0.1) is 11.4 Å². The predicted molar refractivity (Wildman–Crippen MR) is 93.0 cm³/mol. The van der Waals surface area contributed by atoms with Crippen molar-refractivity contribution in [3.05, 3.63) is 47.4 Å². The van der Waals surface area contributed by atoms with Gasteiger partial charge < -0.3 is 10.2 Å². The number of oxime groups is 1. The first-order valence-corrected chi connectivity index (χ1v) is 8.17. The average molecular weight is 344 g/mol. The zero-order valence-electron chi connectivity index (χ0n) is 14.7. The second kappa shape index (κ2) is 6.31. The molecule has 0 saturated carbocycles. The van der Waals surface area contributed by atoms with Crippen LogP contribution >= 0.6 is 0 Å². The summed E-state index contributed by atoms with van der Waals surface area (Å²) >= 11 is 0. The fraction of sp³-hybridized carbons (Fsp3) is 0.389. The van der Waals surface area contributed by atoms with Gasteiger partial charge in [-0.2, -0.15) is 5.10 Å². The zero-order chi connectivity index (χ0) is 18.2. The van der Waals surface area contributed by atoms with Crippen LogP contribution in [0.3, 0.4) is 0 Å². The molecule has 1 aromatic carbocycles. The van der Waals surface area contributed by atoms with Gasteiger partial charge in [-0.1, -0.05) is 17.3 Å². The van der Waals surface area contributed by atoms with E-state index in [4.69, 9.17) is 4.84 Å². The number of amides is 1. The number of benzene rings is 1.